The van der Waals surface area contributed by atoms with Crippen LogP contribution in [-0.2, 0) is 0 Å². The van der Waals surface area contributed by atoms with Crippen LogP contribution in [0.5, 0.6) is 0 Å². The molecule has 5 aromatic rings. The van der Waals surface area contributed by atoms with Crippen LogP contribution in [0.1, 0.15) is 0 Å². The Kier molecular flexibility index (Phi) is 3.95. The minimum Gasteiger partial charge on any atom is -0.228 e. The van der Waals surface area contributed by atoms with Crippen molar-refractivity contribution in [3.63, 3.8) is 0 Å². The average Bonchev–Trinajstić information content (AvgIpc) is 2.74. The Labute approximate surface area is 165 Å². The second kappa shape index (κ2) is 6.60. The maximum Gasteiger partial charge on any atom is 0.160 e. The molecule has 0 atom stereocenters. The highest BCUT2D eigenvalue weighted by molar-refractivity contribution is 9.10. The first-order valence-corrected chi connectivity index (χ1v) is 9.60. The van der Waals surface area contributed by atoms with Gasteiger partial charge in [0, 0.05) is 21.0 Å². The van der Waals surface area contributed by atoms with Crippen LogP contribution in [0.3, 0.4) is 0 Å². The topological polar surface area (TPSA) is 25.8 Å². The summed E-state index contributed by atoms with van der Waals surface area (Å²) in [4.78, 5) is 9.88. The van der Waals surface area contributed by atoms with Crippen molar-refractivity contribution < 1.29 is 0 Å². The molecule has 27 heavy (non-hydrogen) atoms. The summed E-state index contributed by atoms with van der Waals surface area (Å²) >= 11 is 3.50. The first-order chi connectivity index (χ1) is 13.3. The number of fused-ring (bicyclic) bond motifs is 3. The molecule has 3 heteroatoms. The molecule has 0 saturated carbocycles. The van der Waals surface area contributed by atoms with Gasteiger partial charge in [-0.15, -0.1) is 0 Å². The van der Waals surface area contributed by atoms with Gasteiger partial charge < -0.3 is 0 Å². The lowest BCUT2D eigenvalue weighted by atomic mass is 10.00. The van der Waals surface area contributed by atoms with Crippen LogP contribution in [0.25, 0.3) is 44.3 Å². The average molecular weight is 411 g/mol. The first kappa shape index (κ1) is 16.2. The van der Waals surface area contributed by atoms with Crippen molar-refractivity contribution in [2.24, 2.45) is 0 Å². The van der Waals surface area contributed by atoms with E-state index < -0.39 is 0 Å². The number of aromatic nitrogens is 2. The van der Waals surface area contributed by atoms with E-state index in [1.807, 2.05) is 42.5 Å². The van der Waals surface area contributed by atoms with E-state index in [2.05, 4.69) is 64.5 Å². The van der Waals surface area contributed by atoms with Gasteiger partial charge in [0.25, 0.3) is 0 Å². The molecular formula is C24H15BrN2. The SMILES string of the molecule is Brc1ccc(-c2nc(-c3ccccc3)c3c(ccc4ccccc43)n2)cc1. The first-order valence-electron chi connectivity index (χ1n) is 8.80. The van der Waals surface area contributed by atoms with Crippen LogP contribution in [0.2, 0.25) is 0 Å². The number of rotatable bonds is 2. The third-order valence-corrected chi connectivity index (χ3v) is 5.27. The molecule has 0 radical (unpaired) electrons. The lowest BCUT2D eigenvalue weighted by Gasteiger charge is -2.12. The van der Waals surface area contributed by atoms with Crippen molar-refractivity contribution in [3.8, 4) is 22.6 Å². The van der Waals surface area contributed by atoms with Gasteiger partial charge in [-0.25, -0.2) is 9.97 Å². The molecule has 0 aliphatic heterocycles. The molecule has 1 heterocycles. The minimum atomic E-state index is 0.740. The Morgan fingerprint density at radius 3 is 2.15 bits per heavy atom. The Morgan fingerprint density at radius 1 is 0.593 bits per heavy atom. The number of nitrogens with zero attached hydrogens (tertiary/aromatic N) is 2. The van der Waals surface area contributed by atoms with Gasteiger partial charge in [0.2, 0.25) is 0 Å². The number of halogens is 1. The highest BCUT2D eigenvalue weighted by atomic mass is 79.9. The molecule has 0 unspecified atom stereocenters. The molecule has 0 aliphatic carbocycles. The maximum atomic E-state index is 4.99. The highest BCUT2D eigenvalue weighted by Gasteiger charge is 2.13. The van der Waals surface area contributed by atoms with E-state index >= 15 is 0 Å². The largest absolute Gasteiger partial charge is 0.228 e. The second-order valence-corrected chi connectivity index (χ2v) is 7.37. The fraction of sp³-hybridized carbons (Fsp3) is 0. The van der Waals surface area contributed by atoms with Crippen LogP contribution in [-0.4, -0.2) is 9.97 Å². The molecule has 0 spiro atoms. The van der Waals surface area contributed by atoms with Crippen molar-refractivity contribution in [1.29, 1.82) is 0 Å². The fourth-order valence-corrected chi connectivity index (χ4v) is 3.70. The van der Waals surface area contributed by atoms with Crippen LogP contribution < -0.4 is 0 Å². The highest BCUT2D eigenvalue weighted by Crippen LogP contribution is 2.34. The minimum absolute atomic E-state index is 0.740. The van der Waals surface area contributed by atoms with Crippen molar-refractivity contribution in [2.75, 3.05) is 0 Å². The van der Waals surface area contributed by atoms with Gasteiger partial charge in [0.1, 0.15) is 0 Å². The number of hydrogen-bond acceptors (Lipinski definition) is 2. The van der Waals surface area contributed by atoms with E-state index in [4.69, 9.17) is 9.97 Å². The predicted molar refractivity (Wildman–Crippen MR) is 116 cm³/mol. The van der Waals surface area contributed by atoms with Gasteiger partial charge in [-0.3, -0.25) is 0 Å². The molecule has 0 N–H and O–H groups in total. The lowest BCUT2D eigenvalue weighted by molar-refractivity contribution is 1.23. The fourth-order valence-electron chi connectivity index (χ4n) is 3.44. The molecule has 0 saturated heterocycles. The van der Waals surface area contributed by atoms with E-state index in [0.717, 1.165) is 38.0 Å². The summed E-state index contributed by atoms with van der Waals surface area (Å²) in [6.45, 7) is 0. The van der Waals surface area contributed by atoms with Gasteiger partial charge in [-0.1, -0.05) is 88.7 Å². The molecule has 4 aromatic carbocycles. The summed E-state index contributed by atoms with van der Waals surface area (Å²) in [5.41, 5.74) is 4.03. The zero-order valence-corrected chi connectivity index (χ0v) is 16.0. The third kappa shape index (κ3) is 2.90. The monoisotopic (exact) mass is 410 g/mol. The standard InChI is InChI=1S/C24H15BrN2/c25-19-13-10-18(11-14-19)24-26-21-15-12-16-6-4-5-9-20(16)22(21)23(27-24)17-7-2-1-3-8-17/h1-15H. The zero-order valence-electron chi connectivity index (χ0n) is 14.4. The van der Waals surface area contributed by atoms with E-state index in [-0.39, 0.29) is 0 Å². The Bertz CT molecular complexity index is 1260. The molecule has 2 nitrogen and oxygen atoms in total. The third-order valence-electron chi connectivity index (χ3n) is 4.74. The van der Waals surface area contributed by atoms with Gasteiger partial charge >= 0.3 is 0 Å². The summed E-state index contributed by atoms with van der Waals surface area (Å²) in [5, 5.41) is 3.47. The van der Waals surface area contributed by atoms with Crippen molar-refractivity contribution >= 4 is 37.6 Å². The lowest BCUT2D eigenvalue weighted by Crippen LogP contribution is -1.96. The Hall–Kier alpha value is -3.04. The zero-order chi connectivity index (χ0) is 18.2. The summed E-state index contributed by atoms with van der Waals surface area (Å²) < 4.78 is 1.04. The van der Waals surface area contributed by atoms with E-state index in [1.54, 1.807) is 0 Å². The van der Waals surface area contributed by atoms with Crippen molar-refractivity contribution in [1.82, 2.24) is 9.97 Å². The van der Waals surface area contributed by atoms with Crippen LogP contribution in [0.15, 0.2) is 95.5 Å². The van der Waals surface area contributed by atoms with Gasteiger partial charge in [-0.2, -0.15) is 0 Å². The molecule has 128 valence electrons. The normalized spacial score (nSPS) is 11.1. The van der Waals surface area contributed by atoms with Gasteiger partial charge in [-0.05, 0) is 29.0 Å². The van der Waals surface area contributed by atoms with Crippen LogP contribution in [0.4, 0.5) is 0 Å². The summed E-state index contributed by atoms with van der Waals surface area (Å²) in [6, 6.07) is 31.1. The number of hydrogen-bond donors (Lipinski definition) is 0. The maximum absolute atomic E-state index is 4.99. The summed E-state index contributed by atoms with van der Waals surface area (Å²) in [7, 11) is 0. The smallest absolute Gasteiger partial charge is 0.160 e. The van der Waals surface area contributed by atoms with Gasteiger partial charge in [0.05, 0.1) is 11.2 Å². The molecule has 0 amide bonds. The van der Waals surface area contributed by atoms with Gasteiger partial charge in [0.15, 0.2) is 5.82 Å². The predicted octanol–water partition coefficient (Wildman–Crippen LogP) is 6.88. The summed E-state index contributed by atoms with van der Waals surface area (Å²) in [6.07, 6.45) is 0. The molecule has 0 aliphatic rings. The second-order valence-electron chi connectivity index (χ2n) is 6.45. The van der Waals surface area contributed by atoms with E-state index in [9.17, 15) is 0 Å². The summed E-state index contributed by atoms with van der Waals surface area (Å²) in [5.74, 6) is 0.740. The van der Waals surface area contributed by atoms with Crippen molar-refractivity contribution in [2.45, 2.75) is 0 Å². The Balaban J connectivity index is 1.88. The quantitative estimate of drug-likeness (QED) is 0.296. The molecular weight excluding hydrogens is 396 g/mol. The van der Waals surface area contributed by atoms with Crippen LogP contribution in [0, 0.1) is 0 Å². The van der Waals surface area contributed by atoms with E-state index in [1.165, 1.54) is 10.8 Å². The van der Waals surface area contributed by atoms with Crippen molar-refractivity contribution in [3.05, 3.63) is 95.5 Å². The Morgan fingerprint density at radius 2 is 1.33 bits per heavy atom. The number of benzene rings is 4. The van der Waals surface area contributed by atoms with E-state index in [0.29, 0.717) is 0 Å². The molecule has 0 fully saturated rings. The molecule has 0 bridgehead atoms. The molecule has 5 rings (SSSR count). The van der Waals surface area contributed by atoms with Crippen LogP contribution >= 0.6 is 15.9 Å². The molecule has 1 aromatic heterocycles.